The van der Waals surface area contributed by atoms with Gasteiger partial charge >= 0.3 is 0 Å². The van der Waals surface area contributed by atoms with Gasteiger partial charge in [0.05, 0.1) is 3.57 Å². The van der Waals surface area contributed by atoms with E-state index in [0.29, 0.717) is 12.2 Å². The van der Waals surface area contributed by atoms with Crippen LogP contribution in [0.25, 0.3) is 0 Å². The number of hydrogen-bond acceptors (Lipinski definition) is 2. The zero-order valence-corrected chi connectivity index (χ0v) is 10.7. The van der Waals surface area contributed by atoms with Crippen LogP contribution in [-0.2, 0) is 6.42 Å². The molecular formula is C13H11IO2. The Hall–Kier alpha value is -1.23. The van der Waals surface area contributed by atoms with Gasteiger partial charge in [-0.2, -0.15) is 0 Å². The summed E-state index contributed by atoms with van der Waals surface area (Å²) < 4.78 is 0.825. The van der Waals surface area contributed by atoms with Crippen LogP contribution in [0.3, 0.4) is 0 Å². The minimum atomic E-state index is 0.265. The normalized spacial score (nSPS) is 10.3. The number of para-hydroxylation sites is 2. The van der Waals surface area contributed by atoms with E-state index in [-0.39, 0.29) is 5.75 Å². The van der Waals surface area contributed by atoms with E-state index in [1.165, 1.54) is 0 Å². The third-order valence-corrected chi connectivity index (χ3v) is 3.31. The summed E-state index contributed by atoms with van der Waals surface area (Å²) in [4.78, 5) is 0. The molecule has 2 rings (SSSR count). The van der Waals surface area contributed by atoms with Crippen molar-refractivity contribution in [2.24, 2.45) is 0 Å². The van der Waals surface area contributed by atoms with Gasteiger partial charge in [0.2, 0.25) is 0 Å². The number of phenolic OH excluding ortho intramolecular Hbond substituents is 2. The Morgan fingerprint density at radius 1 is 0.875 bits per heavy atom. The van der Waals surface area contributed by atoms with Crippen LogP contribution in [-0.4, -0.2) is 10.2 Å². The molecule has 3 heteroatoms. The highest BCUT2D eigenvalue weighted by atomic mass is 127. The lowest BCUT2D eigenvalue weighted by atomic mass is 10.0. The highest BCUT2D eigenvalue weighted by Crippen LogP contribution is 2.28. The molecule has 82 valence electrons. The molecule has 0 bridgehead atoms. The number of rotatable bonds is 2. The molecule has 2 nitrogen and oxygen atoms in total. The van der Waals surface area contributed by atoms with Crippen molar-refractivity contribution in [1.29, 1.82) is 0 Å². The molecule has 16 heavy (non-hydrogen) atoms. The second kappa shape index (κ2) is 4.74. The van der Waals surface area contributed by atoms with E-state index in [4.69, 9.17) is 0 Å². The lowest BCUT2D eigenvalue weighted by Crippen LogP contribution is -1.90. The molecule has 0 fully saturated rings. The number of aromatic hydroxyl groups is 2. The summed E-state index contributed by atoms with van der Waals surface area (Å²) in [5, 5.41) is 19.5. The fourth-order valence-electron chi connectivity index (χ4n) is 1.57. The number of hydrogen-bond donors (Lipinski definition) is 2. The second-order valence-electron chi connectivity index (χ2n) is 3.55. The fourth-order valence-corrected chi connectivity index (χ4v) is 2.12. The molecule has 0 unspecified atom stereocenters. The molecule has 0 radical (unpaired) electrons. The summed E-state index contributed by atoms with van der Waals surface area (Å²) in [6.45, 7) is 0. The first-order chi connectivity index (χ1) is 7.68. The lowest BCUT2D eigenvalue weighted by molar-refractivity contribution is 0.460. The standard InChI is InChI=1S/C13H11IO2/c14-11-6-3-5-10(13(11)16)8-9-4-1-2-7-12(9)15/h1-7,15-16H,8H2. The van der Waals surface area contributed by atoms with Crippen molar-refractivity contribution in [3.05, 3.63) is 57.2 Å². The summed E-state index contributed by atoms with van der Waals surface area (Å²) in [5.74, 6) is 0.562. The molecule has 0 aliphatic carbocycles. The van der Waals surface area contributed by atoms with Crippen molar-refractivity contribution in [3.8, 4) is 11.5 Å². The Labute approximate surface area is 108 Å². The highest BCUT2D eigenvalue weighted by Gasteiger charge is 2.07. The van der Waals surface area contributed by atoms with E-state index in [1.807, 2.05) is 30.3 Å². The minimum Gasteiger partial charge on any atom is -0.508 e. The largest absolute Gasteiger partial charge is 0.508 e. The van der Waals surface area contributed by atoms with Crippen LogP contribution < -0.4 is 0 Å². The van der Waals surface area contributed by atoms with Gasteiger partial charge in [0, 0.05) is 6.42 Å². The maximum absolute atomic E-state index is 9.86. The Morgan fingerprint density at radius 3 is 2.31 bits per heavy atom. The number of phenols is 2. The smallest absolute Gasteiger partial charge is 0.132 e. The molecule has 2 N–H and O–H groups in total. The Balaban J connectivity index is 2.35. The molecule has 2 aromatic rings. The van der Waals surface area contributed by atoms with Gasteiger partial charge in [0.15, 0.2) is 0 Å². The predicted molar refractivity (Wildman–Crippen MR) is 71.7 cm³/mol. The third-order valence-electron chi connectivity index (χ3n) is 2.44. The molecule has 0 aliphatic rings. The van der Waals surface area contributed by atoms with Crippen LogP contribution in [0, 0.1) is 3.57 Å². The van der Waals surface area contributed by atoms with E-state index in [9.17, 15) is 10.2 Å². The average molecular weight is 326 g/mol. The zero-order chi connectivity index (χ0) is 11.5. The van der Waals surface area contributed by atoms with E-state index < -0.39 is 0 Å². The van der Waals surface area contributed by atoms with Gasteiger partial charge in [-0.15, -0.1) is 0 Å². The Kier molecular flexibility index (Phi) is 3.33. The summed E-state index contributed by atoms with van der Waals surface area (Å²) >= 11 is 2.09. The summed E-state index contributed by atoms with van der Waals surface area (Å²) in [7, 11) is 0. The van der Waals surface area contributed by atoms with Gasteiger partial charge in [0.25, 0.3) is 0 Å². The maximum atomic E-state index is 9.86. The maximum Gasteiger partial charge on any atom is 0.132 e. The topological polar surface area (TPSA) is 40.5 Å². The van der Waals surface area contributed by atoms with E-state index in [2.05, 4.69) is 22.6 Å². The van der Waals surface area contributed by atoms with Crippen LogP contribution >= 0.6 is 22.6 Å². The van der Waals surface area contributed by atoms with Gasteiger partial charge in [-0.3, -0.25) is 0 Å². The molecular weight excluding hydrogens is 315 g/mol. The highest BCUT2D eigenvalue weighted by molar-refractivity contribution is 14.1. The van der Waals surface area contributed by atoms with Crippen molar-refractivity contribution < 1.29 is 10.2 Å². The fraction of sp³-hybridized carbons (Fsp3) is 0.0769. The average Bonchev–Trinajstić information content (AvgIpc) is 2.28. The lowest BCUT2D eigenvalue weighted by Gasteiger charge is -2.07. The van der Waals surface area contributed by atoms with Crippen molar-refractivity contribution >= 4 is 22.6 Å². The Bertz CT molecular complexity index is 509. The zero-order valence-electron chi connectivity index (χ0n) is 8.52. The first-order valence-electron chi connectivity index (χ1n) is 4.91. The van der Waals surface area contributed by atoms with Crippen molar-refractivity contribution in [1.82, 2.24) is 0 Å². The SMILES string of the molecule is Oc1ccccc1Cc1cccc(I)c1O. The molecule has 2 aromatic carbocycles. The minimum absolute atomic E-state index is 0.265. The molecule has 0 saturated heterocycles. The summed E-state index contributed by atoms with van der Waals surface area (Å²) in [6.07, 6.45) is 0.537. The first kappa shape index (κ1) is 11.3. The molecule has 0 amide bonds. The predicted octanol–water partition coefficient (Wildman–Crippen LogP) is 3.29. The van der Waals surface area contributed by atoms with E-state index in [1.54, 1.807) is 12.1 Å². The van der Waals surface area contributed by atoms with Gasteiger partial charge in [0.1, 0.15) is 11.5 Å². The van der Waals surface area contributed by atoms with Crippen LogP contribution in [0.15, 0.2) is 42.5 Å². The third kappa shape index (κ3) is 2.29. The molecule has 0 aromatic heterocycles. The quantitative estimate of drug-likeness (QED) is 0.832. The summed E-state index contributed by atoms with van der Waals surface area (Å²) in [6, 6.07) is 12.8. The van der Waals surface area contributed by atoms with Gasteiger partial charge in [-0.05, 0) is 45.9 Å². The molecule has 0 spiro atoms. The van der Waals surface area contributed by atoms with E-state index >= 15 is 0 Å². The van der Waals surface area contributed by atoms with Gasteiger partial charge < -0.3 is 10.2 Å². The van der Waals surface area contributed by atoms with Crippen molar-refractivity contribution in [2.45, 2.75) is 6.42 Å². The molecule has 0 aliphatic heterocycles. The monoisotopic (exact) mass is 326 g/mol. The van der Waals surface area contributed by atoms with Crippen LogP contribution in [0.4, 0.5) is 0 Å². The van der Waals surface area contributed by atoms with E-state index in [0.717, 1.165) is 14.7 Å². The van der Waals surface area contributed by atoms with Gasteiger partial charge in [-0.1, -0.05) is 30.3 Å². The Morgan fingerprint density at radius 2 is 1.56 bits per heavy atom. The molecule has 0 atom stereocenters. The molecule has 0 saturated carbocycles. The number of benzene rings is 2. The first-order valence-corrected chi connectivity index (χ1v) is 5.99. The van der Waals surface area contributed by atoms with Crippen LogP contribution in [0.2, 0.25) is 0 Å². The van der Waals surface area contributed by atoms with Crippen molar-refractivity contribution in [2.75, 3.05) is 0 Å². The second-order valence-corrected chi connectivity index (χ2v) is 4.72. The van der Waals surface area contributed by atoms with Crippen LogP contribution in [0.1, 0.15) is 11.1 Å². The van der Waals surface area contributed by atoms with Crippen molar-refractivity contribution in [3.63, 3.8) is 0 Å². The van der Waals surface area contributed by atoms with Gasteiger partial charge in [-0.25, -0.2) is 0 Å². The van der Waals surface area contributed by atoms with Crippen LogP contribution in [0.5, 0.6) is 11.5 Å². The number of halogens is 1. The molecule has 0 heterocycles. The summed E-state index contributed by atoms with van der Waals surface area (Å²) in [5.41, 5.74) is 1.65.